The molecule has 0 aliphatic carbocycles. The van der Waals surface area contributed by atoms with Crippen molar-refractivity contribution in [3.63, 3.8) is 0 Å². The van der Waals surface area contributed by atoms with Gasteiger partial charge in [0.25, 0.3) is 0 Å². The molecule has 0 N–H and O–H groups in total. The standard InChI is InChI=1S/C21H18ClN3OS/c1-25(2)17-7-4-14(5-8-17)10-15(12-23)21-24-19(13-27-21)18-11-16(22)6-9-20(18)26-3/h4-11,13H,1-3H3/b15-10+. The Bertz CT molecular complexity index is 1020. The Morgan fingerprint density at radius 1 is 1.22 bits per heavy atom. The van der Waals surface area contributed by atoms with E-state index in [4.69, 9.17) is 16.3 Å². The number of aromatic nitrogens is 1. The van der Waals surface area contributed by atoms with Crippen LogP contribution in [0.5, 0.6) is 5.75 Å². The number of nitrogens with zero attached hydrogens (tertiary/aromatic N) is 3. The van der Waals surface area contributed by atoms with Gasteiger partial charge < -0.3 is 9.64 Å². The van der Waals surface area contributed by atoms with E-state index < -0.39 is 0 Å². The predicted molar refractivity (Wildman–Crippen MR) is 113 cm³/mol. The SMILES string of the molecule is COc1ccc(Cl)cc1-c1csc(/C(C#N)=C/c2ccc(N(C)C)cc2)n1. The molecular formula is C21H18ClN3OS. The fraction of sp³-hybridized carbons (Fsp3) is 0.143. The molecule has 0 fully saturated rings. The predicted octanol–water partition coefficient (Wildman–Crippen LogP) is 5.60. The molecule has 0 bridgehead atoms. The van der Waals surface area contributed by atoms with E-state index in [1.807, 2.05) is 66.8 Å². The molecule has 0 saturated heterocycles. The van der Waals surface area contributed by atoms with Gasteiger partial charge in [-0.3, -0.25) is 0 Å². The number of halogens is 1. The summed E-state index contributed by atoms with van der Waals surface area (Å²) in [5.74, 6) is 0.693. The van der Waals surface area contributed by atoms with Gasteiger partial charge in [-0.2, -0.15) is 5.26 Å². The van der Waals surface area contributed by atoms with Gasteiger partial charge in [0, 0.05) is 35.7 Å². The summed E-state index contributed by atoms with van der Waals surface area (Å²) in [5, 5.41) is 12.8. The normalized spacial score (nSPS) is 11.1. The highest BCUT2D eigenvalue weighted by Gasteiger charge is 2.13. The molecule has 2 aromatic carbocycles. The second-order valence-electron chi connectivity index (χ2n) is 6.04. The Kier molecular flexibility index (Phi) is 5.80. The lowest BCUT2D eigenvalue weighted by molar-refractivity contribution is 0.416. The fourth-order valence-electron chi connectivity index (χ4n) is 2.58. The van der Waals surface area contributed by atoms with E-state index in [-0.39, 0.29) is 0 Å². The van der Waals surface area contributed by atoms with Crippen LogP contribution in [0.2, 0.25) is 5.02 Å². The summed E-state index contributed by atoms with van der Waals surface area (Å²) >= 11 is 7.54. The third kappa shape index (κ3) is 4.30. The van der Waals surface area contributed by atoms with Crippen molar-refractivity contribution in [2.75, 3.05) is 26.1 Å². The summed E-state index contributed by atoms with van der Waals surface area (Å²) in [6.45, 7) is 0. The van der Waals surface area contributed by atoms with Gasteiger partial charge in [-0.05, 0) is 42.0 Å². The fourth-order valence-corrected chi connectivity index (χ4v) is 3.54. The molecule has 0 radical (unpaired) electrons. The Balaban J connectivity index is 1.94. The van der Waals surface area contributed by atoms with Crippen LogP contribution in [-0.4, -0.2) is 26.2 Å². The highest BCUT2D eigenvalue weighted by Crippen LogP contribution is 2.34. The molecule has 0 atom stereocenters. The van der Waals surface area contributed by atoms with Crippen LogP contribution in [0.1, 0.15) is 10.6 Å². The number of thiazole rings is 1. The number of anilines is 1. The van der Waals surface area contributed by atoms with Crippen molar-refractivity contribution in [3.05, 3.63) is 63.4 Å². The van der Waals surface area contributed by atoms with Gasteiger partial charge in [0.1, 0.15) is 16.8 Å². The molecule has 0 aliphatic heterocycles. The molecule has 1 aromatic heterocycles. The maximum absolute atomic E-state index is 9.60. The van der Waals surface area contributed by atoms with Gasteiger partial charge >= 0.3 is 0 Å². The van der Waals surface area contributed by atoms with Crippen LogP contribution in [0, 0.1) is 11.3 Å². The van der Waals surface area contributed by atoms with Crippen LogP contribution in [0.25, 0.3) is 22.9 Å². The number of ether oxygens (including phenoxy) is 1. The second-order valence-corrected chi connectivity index (χ2v) is 7.33. The summed E-state index contributed by atoms with van der Waals surface area (Å²) < 4.78 is 5.40. The Morgan fingerprint density at radius 2 is 1.96 bits per heavy atom. The van der Waals surface area contributed by atoms with Crippen molar-refractivity contribution in [1.82, 2.24) is 4.98 Å². The first kappa shape index (κ1) is 19.0. The largest absolute Gasteiger partial charge is 0.496 e. The van der Waals surface area contributed by atoms with Crippen LogP contribution in [-0.2, 0) is 0 Å². The van der Waals surface area contributed by atoms with Crippen LogP contribution in [0.4, 0.5) is 5.69 Å². The van der Waals surface area contributed by atoms with Crippen LogP contribution in [0.15, 0.2) is 47.8 Å². The minimum Gasteiger partial charge on any atom is -0.496 e. The monoisotopic (exact) mass is 395 g/mol. The van der Waals surface area contributed by atoms with Crippen LogP contribution < -0.4 is 9.64 Å². The summed E-state index contributed by atoms with van der Waals surface area (Å²) in [6.07, 6.45) is 1.84. The number of hydrogen-bond acceptors (Lipinski definition) is 5. The van der Waals surface area contributed by atoms with Crippen molar-refractivity contribution in [1.29, 1.82) is 5.26 Å². The number of allylic oxidation sites excluding steroid dienone is 1. The maximum Gasteiger partial charge on any atom is 0.134 e. The summed E-state index contributed by atoms with van der Waals surface area (Å²) in [6, 6.07) is 15.7. The quantitative estimate of drug-likeness (QED) is 0.527. The van der Waals surface area contributed by atoms with Gasteiger partial charge in [-0.25, -0.2) is 4.98 Å². The lowest BCUT2D eigenvalue weighted by Gasteiger charge is -2.11. The highest BCUT2D eigenvalue weighted by molar-refractivity contribution is 7.11. The van der Waals surface area contributed by atoms with Crippen molar-refractivity contribution in [2.45, 2.75) is 0 Å². The third-order valence-electron chi connectivity index (χ3n) is 4.01. The summed E-state index contributed by atoms with van der Waals surface area (Å²) in [7, 11) is 5.59. The topological polar surface area (TPSA) is 49.1 Å². The van der Waals surface area contributed by atoms with E-state index in [1.165, 1.54) is 11.3 Å². The molecule has 0 saturated carbocycles. The van der Waals surface area contributed by atoms with Gasteiger partial charge in [-0.1, -0.05) is 23.7 Å². The number of benzene rings is 2. The molecule has 27 heavy (non-hydrogen) atoms. The first-order valence-corrected chi connectivity index (χ1v) is 9.46. The first-order chi connectivity index (χ1) is 13.0. The first-order valence-electron chi connectivity index (χ1n) is 8.21. The highest BCUT2D eigenvalue weighted by atomic mass is 35.5. The zero-order chi connectivity index (χ0) is 19.4. The number of methoxy groups -OCH3 is 1. The number of rotatable bonds is 5. The Morgan fingerprint density at radius 3 is 2.59 bits per heavy atom. The van der Waals surface area contributed by atoms with Gasteiger partial charge in [0.2, 0.25) is 0 Å². The molecule has 4 nitrogen and oxygen atoms in total. The molecule has 6 heteroatoms. The molecule has 0 unspecified atom stereocenters. The lowest BCUT2D eigenvalue weighted by Crippen LogP contribution is -2.07. The van der Waals surface area contributed by atoms with Crippen LogP contribution >= 0.6 is 22.9 Å². The van der Waals surface area contributed by atoms with E-state index in [1.54, 1.807) is 13.2 Å². The zero-order valence-corrected chi connectivity index (χ0v) is 16.8. The van der Waals surface area contributed by atoms with E-state index in [0.29, 0.717) is 21.4 Å². The lowest BCUT2D eigenvalue weighted by atomic mass is 10.1. The molecule has 136 valence electrons. The second kappa shape index (κ2) is 8.26. The molecule has 1 heterocycles. The van der Waals surface area contributed by atoms with Crippen molar-refractivity contribution < 1.29 is 4.74 Å². The van der Waals surface area contributed by atoms with E-state index >= 15 is 0 Å². The number of nitriles is 1. The average molecular weight is 396 g/mol. The van der Waals surface area contributed by atoms with E-state index in [9.17, 15) is 5.26 Å². The van der Waals surface area contributed by atoms with E-state index in [2.05, 4.69) is 11.1 Å². The maximum atomic E-state index is 9.60. The summed E-state index contributed by atoms with van der Waals surface area (Å²) in [4.78, 5) is 6.66. The molecule has 0 spiro atoms. The average Bonchev–Trinajstić information content (AvgIpc) is 3.16. The molecule has 0 aliphatic rings. The van der Waals surface area contributed by atoms with Gasteiger partial charge in [0.05, 0.1) is 18.4 Å². The van der Waals surface area contributed by atoms with Crippen molar-refractivity contribution >= 4 is 40.3 Å². The summed E-state index contributed by atoms with van der Waals surface area (Å²) in [5.41, 5.74) is 4.12. The smallest absolute Gasteiger partial charge is 0.134 e. The van der Waals surface area contributed by atoms with Crippen molar-refractivity contribution in [3.8, 4) is 23.1 Å². The van der Waals surface area contributed by atoms with Gasteiger partial charge in [0.15, 0.2) is 0 Å². The third-order valence-corrected chi connectivity index (χ3v) is 5.12. The Labute approximate surface area is 167 Å². The van der Waals surface area contributed by atoms with E-state index in [0.717, 1.165) is 22.5 Å². The van der Waals surface area contributed by atoms with Crippen molar-refractivity contribution in [2.24, 2.45) is 0 Å². The molecule has 3 aromatic rings. The minimum atomic E-state index is 0.518. The zero-order valence-electron chi connectivity index (χ0n) is 15.2. The van der Waals surface area contributed by atoms with Crippen LogP contribution in [0.3, 0.4) is 0 Å². The Hall–Kier alpha value is -2.81. The number of hydrogen-bond donors (Lipinski definition) is 0. The molecule has 0 amide bonds. The molecule has 3 rings (SSSR count). The van der Waals surface area contributed by atoms with Gasteiger partial charge in [-0.15, -0.1) is 11.3 Å². The minimum absolute atomic E-state index is 0.518. The molecular weight excluding hydrogens is 378 g/mol.